The van der Waals surface area contributed by atoms with Crippen LogP contribution in [0, 0.1) is 18.8 Å². The third kappa shape index (κ3) is 7.90. The van der Waals surface area contributed by atoms with Crippen molar-refractivity contribution in [1.29, 1.82) is 0 Å². The summed E-state index contributed by atoms with van der Waals surface area (Å²) in [5.41, 5.74) is 1.27. The minimum absolute atomic E-state index is 0.135. The molecule has 35 heavy (non-hydrogen) atoms. The third-order valence-electron chi connectivity index (χ3n) is 6.28. The lowest BCUT2D eigenvalue weighted by Gasteiger charge is -2.41. The van der Waals surface area contributed by atoms with E-state index >= 15 is 0 Å². The first-order valence-electron chi connectivity index (χ1n) is 12.4. The van der Waals surface area contributed by atoms with E-state index in [4.69, 9.17) is 9.47 Å². The molecule has 0 aromatic heterocycles. The minimum Gasteiger partial charge on any atom is -0.465 e. The van der Waals surface area contributed by atoms with Crippen LogP contribution in [0.1, 0.15) is 88.7 Å². The quantitative estimate of drug-likeness (QED) is 0.471. The van der Waals surface area contributed by atoms with Gasteiger partial charge in [-0.2, -0.15) is 0 Å². The molecule has 194 valence electrons. The molecule has 0 aliphatic heterocycles. The van der Waals surface area contributed by atoms with E-state index in [2.05, 4.69) is 23.7 Å². The number of anilines is 1. The van der Waals surface area contributed by atoms with Crippen LogP contribution >= 0.6 is 0 Å². The van der Waals surface area contributed by atoms with Crippen molar-refractivity contribution in [2.45, 2.75) is 97.4 Å². The average Bonchev–Trinajstić information content (AvgIpc) is 2.77. The number of methoxy groups -OCH3 is 1. The Morgan fingerprint density at radius 1 is 1.09 bits per heavy atom. The fourth-order valence-corrected chi connectivity index (χ4v) is 4.48. The summed E-state index contributed by atoms with van der Waals surface area (Å²) in [6.07, 6.45) is 3.29. The van der Waals surface area contributed by atoms with Crippen LogP contribution in [0.25, 0.3) is 0 Å². The van der Waals surface area contributed by atoms with Crippen LogP contribution in [0.15, 0.2) is 12.1 Å². The molecular formula is C28H42N2O5. The lowest BCUT2D eigenvalue weighted by Crippen LogP contribution is -2.46. The number of rotatable bonds is 5. The first-order valence-corrected chi connectivity index (χ1v) is 12.4. The van der Waals surface area contributed by atoms with Crippen molar-refractivity contribution >= 4 is 17.7 Å². The average molecular weight is 487 g/mol. The standard InChI is InChI=1S/C28H42N2O5/c1-10-30(22-13-11-21(12-14-22)29(8)26(32)35-27(3,4)5)24-18-20(15-16-28(6,7)33)17-23(19(24)2)25(31)34-9/h17-18,21-22,33H,10-14H2,1-9H3. The molecule has 1 aliphatic carbocycles. The monoisotopic (exact) mass is 486 g/mol. The molecule has 1 saturated carbocycles. The highest BCUT2D eigenvalue weighted by molar-refractivity contribution is 5.93. The van der Waals surface area contributed by atoms with Gasteiger partial charge in [0.1, 0.15) is 11.2 Å². The molecule has 1 aromatic rings. The van der Waals surface area contributed by atoms with Crippen LogP contribution < -0.4 is 4.90 Å². The molecule has 7 heteroatoms. The van der Waals surface area contributed by atoms with Gasteiger partial charge >= 0.3 is 12.1 Å². The van der Waals surface area contributed by atoms with E-state index in [1.54, 1.807) is 24.8 Å². The Bertz CT molecular complexity index is 970. The summed E-state index contributed by atoms with van der Waals surface area (Å²) >= 11 is 0. The van der Waals surface area contributed by atoms with Crippen molar-refractivity contribution in [3.05, 3.63) is 28.8 Å². The summed E-state index contributed by atoms with van der Waals surface area (Å²) in [4.78, 5) is 29.1. The van der Waals surface area contributed by atoms with Gasteiger partial charge in [-0.25, -0.2) is 9.59 Å². The predicted octanol–water partition coefficient (Wildman–Crippen LogP) is 4.91. The molecule has 1 fully saturated rings. The molecule has 0 heterocycles. The molecule has 7 nitrogen and oxygen atoms in total. The Hall–Kier alpha value is -2.72. The number of ether oxygens (including phenoxy) is 2. The molecule has 0 unspecified atom stereocenters. The smallest absolute Gasteiger partial charge is 0.410 e. The maximum Gasteiger partial charge on any atom is 0.410 e. The molecule has 0 atom stereocenters. The number of esters is 1. The summed E-state index contributed by atoms with van der Waals surface area (Å²) in [7, 11) is 3.19. The molecule has 1 amide bonds. The minimum atomic E-state index is -1.14. The van der Waals surface area contributed by atoms with Crippen molar-refractivity contribution in [3.8, 4) is 11.8 Å². The number of benzene rings is 1. The van der Waals surface area contributed by atoms with Crippen LogP contribution in [-0.4, -0.2) is 66.1 Å². The Balaban J connectivity index is 2.30. The van der Waals surface area contributed by atoms with E-state index in [-0.39, 0.29) is 18.2 Å². The second kappa shape index (κ2) is 11.3. The first kappa shape index (κ1) is 28.5. The normalized spacial score (nSPS) is 18.2. The maximum absolute atomic E-state index is 12.5. The second-order valence-corrected chi connectivity index (χ2v) is 10.8. The number of hydrogen-bond donors (Lipinski definition) is 1. The predicted molar refractivity (Wildman–Crippen MR) is 139 cm³/mol. The SMILES string of the molecule is CCN(c1cc(C#CC(C)(C)O)cc(C(=O)OC)c1C)C1CCC(N(C)C(=O)OC(C)(C)C)CC1. The highest BCUT2D eigenvalue weighted by atomic mass is 16.6. The van der Waals surface area contributed by atoms with Crippen molar-refractivity contribution in [2.75, 3.05) is 25.6 Å². The number of hydrogen-bond acceptors (Lipinski definition) is 6. The number of carbonyl (C=O) groups excluding carboxylic acids is 2. The second-order valence-electron chi connectivity index (χ2n) is 10.8. The molecule has 0 saturated heterocycles. The largest absolute Gasteiger partial charge is 0.465 e. The molecule has 0 radical (unpaired) electrons. The fourth-order valence-electron chi connectivity index (χ4n) is 4.48. The number of amides is 1. The van der Waals surface area contributed by atoms with Crippen molar-refractivity contribution < 1.29 is 24.2 Å². The fraction of sp³-hybridized carbons (Fsp3) is 0.643. The van der Waals surface area contributed by atoms with Gasteiger partial charge in [-0.3, -0.25) is 0 Å². The summed E-state index contributed by atoms with van der Waals surface area (Å²) in [5, 5.41) is 10.0. The summed E-state index contributed by atoms with van der Waals surface area (Å²) in [6.45, 7) is 13.7. The van der Waals surface area contributed by atoms with E-state index in [0.717, 1.165) is 43.5 Å². The summed E-state index contributed by atoms with van der Waals surface area (Å²) in [6, 6.07) is 4.12. The van der Waals surface area contributed by atoms with Gasteiger partial charge in [0, 0.05) is 36.9 Å². The highest BCUT2D eigenvalue weighted by Gasteiger charge is 2.32. The molecule has 2 rings (SSSR count). The molecule has 0 spiro atoms. The number of carbonyl (C=O) groups is 2. The molecule has 1 aromatic carbocycles. The highest BCUT2D eigenvalue weighted by Crippen LogP contribution is 2.33. The Kier molecular flexibility index (Phi) is 9.24. The van der Waals surface area contributed by atoms with Crippen molar-refractivity contribution in [1.82, 2.24) is 4.90 Å². The van der Waals surface area contributed by atoms with Gasteiger partial charge in [-0.1, -0.05) is 11.8 Å². The lowest BCUT2D eigenvalue weighted by molar-refractivity contribution is 0.0182. The van der Waals surface area contributed by atoms with Crippen molar-refractivity contribution in [3.63, 3.8) is 0 Å². The van der Waals surface area contributed by atoms with Gasteiger partial charge in [-0.15, -0.1) is 0 Å². The number of nitrogens with zero attached hydrogens (tertiary/aromatic N) is 2. The molecular weight excluding hydrogens is 444 g/mol. The van der Waals surface area contributed by atoms with Crippen molar-refractivity contribution in [2.24, 2.45) is 0 Å². The Morgan fingerprint density at radius 3 is 2.14 bits per heavy atom. The van der Waals surface area contributed by atoms with Crippen LogP contribution in [0.2, 0.25) is 0 Å². The van der Waals surface area contributed by atoms with Gasteiger partial charge in [0.2, 0.25) is 0 Å². The topological polar surface area (TPSA) is 79.3 Å². The lowest BCUT2D eigenvalue weighted by atomic mass is 9.88. The van der Waals surface area contributed by atoms with Gasteiger partial charge < -0.3 is 24.4 Å². The molecule has 1 N–H and O–H groups in total. The first-order chi connectivity index (χ1) is 16.2. The zero-order valence-electron chi connectivity index (χ0n) is 22.8. The van der Waals surface area contributed by atoms with Gasteiger partial charge in [0.25, 0.3) is 0 Å². The van der Waals surface area contributed by atoms with E-state index < -0.39 is 17.2 Å². The number of aliphatic hydroxyl groups is 1. The van der Waals surface area contributed by atoms with Crippen LogP contribution in [0.4, 0.5) is 10.5 Å². The Morgan fingerprint density at radius 2 is 1.66 bits per heavy atom. The third-order valence-corrected chi connectivity index (χ3v) is 6.28. The van der Waals surface area contributed by atoms with Crippen LogP contribution in [-0.2, 0) is 9.47 Å². The summed E-state index contributed by atoms with van der Waals surface area (Å²) < 4.78 is 10.6. The Labute approximate surface area is 210 Å². The van der Waals surface area contributed by atoms with Gasteiger partial charge in [0.15, 0.2) is 0 Å². The zero-order valence-corrected chi connectivity index (χ0v) is 22.8. The summed E-state index contributed by atoms with van der Waals surface area (Å²) in [5.74, 6) is 5.44. The van der Waals surface area contributed by atoms with E-state index in [9.17, 15) is 14.7 Å². The molecule has 1 aliphatic rings. The van der Waals surface area contributed by atoms with Gasteiger partial charge in [-0.05, 0) is 91.8 Å². The van der Waals surface area contributed by atoms with Crippen LogP contribution in [0.3, 0.4) is 0 Å². The molecule has 0 bridgehead atoms. The zero-order chi connectivity index (χ0) is 26.6. The maximum atomic E-state index is 12.5. The van der Waals surface area contributed by atoms with E-state index in [1.807, 2.05) is 40.8 Å². The van der Waals surface area contributed by atoms with E-state index in [1.165, 1.54) is 7.11 Å². The van der Waals surface area contributed by atoms with Crippen LogP contribution in [0.5, 0.6) is 0 Å². The van der Waals surface area contributed by atoms with Gasteiger partial charge in [0.05, 0.1) is 12.7 Å². The van der Waals surface area contributed by atoms with E-state index in [0.29, 0.717) is 11.1 Å².